The molecule has 1 N–H and O–H groups in total. The Morgan fingerprint density at radius 3 is 2.77 bits per heavy atom. The Morgan fingerprint density at radius 2 is 2.07 bits per heavy atom. The van der Waals surface area contributed by atoms with Crippen molar-refractivity contribution in [1.82, 2.24) is 19.6 Å². The van der Waals surface area contributed by atoms with Crippen molar-refractivity contribution in [2.45, 2.75) is 51.5 Å². The van der Waals surface area contributed by atoms with E-state index in [9.17, 15) is 9.90 Å². The molecule has 2 aliphatic rings. The molecule has 1 amide bonds. The second kappa shape index (κ2) is 9.21. The molecule has 6 nitrogen and oxygen atoms in total. The third kappa shape index (κ3) is 4.53. The summed E-state index contributed by atoms with van der Waals surface area (Å²) in [6, 6.07) is 6.50. The van der Waals surface area contributed by atoms with Crippen LogP contribution in [0.1, 0.15) is 54.1 Å². The van der Waals surface area contributed by atoms with E-state index < -0.39 is 0 Å². The number of rotatable bonds is 6. The molecular formula is C24H34N4O2. The van der Waals surface area contributed by atoms with Gasteiger partial charge in [-0.05, 0) is 68.2 Å². The predicted molar refractivity (Wildman–Crippen MR) is 118 cm³/mol. The average molecular weight is 411 g/mol. The lowest BCUT2D eigenvalue weighted by Gasteiger charge is -2.39. The van der Waals surface area contributed by atoms with Crippen molar-refractivity contribution in [1.29, 1.82) is 0 Å². The van der Waals surface area contributed by atoms with Crippen molar-refractivity contribution < 1.29 is 9.90 Å². The van der Waals surface area contributed by atoms with Crippen molar-refractivity contribution in [2.24, 2.45) is 13.0 Å². The fraction of sp³-hybridized carbons (Fsp3) is 0.583. The molecule has 1 atom stereocenters. The summed E-state index contributed by atoms with van der Waals surface area (Å²) in [7, 11) is 1.84. The van der Waals surface area contributed by atoms with Gasteiger partial charge in [0.2, 0.25) is 0 Å². The normalized spacial score (nSPS) is 19.8. The van der Waals surface area contributed by atoms with Crippen molar-refractivity contribution in [3.8, 4) is 5.75 Å². The van der Waals surface area contributed by atoms with Gasteiger partial charge in [0.15, 0.2) is 0 Å². The molecule has 1 aliphatic carbocycles. The topological polar surface area (TPSA) is 61.6 Å². The Hall–Kier alpha value is -2.34. The first-order valence-electron chi connectivity index (χ1n) is 11.4. The van der Waals surface area contributed by atoms with Gasteiger partial charge < -0.3 is 10.0 Å². The maximum Gasteiger partial charge on any atom is 0.257 e. The molecule has 1 aromatic carbocycles. The number of amides is 1. The van der Waals surface area contributed by atoms with E-state index in [2.05, 4.69) is 23.0 Å². The Labute approximate surface area is 179 Å². The van der Waals surface area contributed by atoms with Crippen molar-refractivity contribution >= 4 is 5.91 Å². The summed E-state index contributed by atoms with van der Waals surface area (Å²) in [4.78, 5) is 17.3. The van der Waals surface area contributed by atoms with E-state index in [0.29, 0.717) is 23.3 Å². The number of fused-ring (bicyclic) bond motifs is 1. The van der Waals surface area contributed by atoms with Gasteiger partial charge in [0.05, 0.1) is 11.8 Å². The number of likely N-dealkylation sites (tertiary alicyclic amines) is 1. The van der Waals surface area contributed by atoms with Gasteiger partial charge in [-0.3, -0.25) is 14.4 Å². The minimum Gasteiger partial charge on any atom is -0.508 e. The lowest BCUT2D eigenvalue weighted by molar-refractivity contribution is 0.0642. The summed E-state index contributed by atoms with van der Waals surface area (Å²) in [6.07, 6.45) is 9.86. The van der Waals surface area contributed by atoms with Crippen LogP contribution >= 0.6 is 0 Å². The van der Waals surface area contributed by atoms with Gasteiger partial charge in [-0.15, -0.1) is 0 Å². The van der Waals surface area contributed by atoms with E-state index in [1.165, 1.54) is 5.56 Å². The molecule has 2 aromatic rings. The van der Waals surface area contributed by atoms with Crippen molar-refractivity contribution in [3.05, 3.63) is 47.3 Å². The molecule has 1 aliphatic heterocycles. The molecule has 0 bridgehead atoms. The maximum absolute atomic E-state index is 12.7. The first-order valence-corrected chi connectivity index (χ1v) is 11.4. The second-order valence-electron chi connectivity index (χ2n) is 8.94. The van der Waals surface area contributed by atoms with Gasteiger partial charge >= 0.3 is 0 Å². The Balaban J connectivity index is 1.34. The summed E-state index contributed by atoms with van der Waals surface area (Å²) >= 11 is 0. The highest BCUT2D eigenvalue weighted by atomic mass is 16.3. The SMILES string of the molecule is CCCN(CC1CCN(C(=O)c2cnn(C)c2)CC1)C1CCc2c(O)cccc2C1. The van der Waals surface area contributed by atoms with Crippen LogP contribution in [0.15, 0.2) is 30.6 Å². The van der Waals surface area contributed by atoms with Gasteiger partial charge in [-0.2, -0.15) is 5.10 Å². The molecular weight excluding hydrogens is 376 g/mol. The fourth-order valence-electron chi connectivity index (χ4n) is 5.15. The molecule has 1 saturated heterocycles. The number of carbonyl (C=O) groups is 1. The molecule has 0 saturated carbocycles. The number of aromatic nitrogens is 2. The zero-order chi connectivity index (χ0) is 21.1. The number of aryl methyl sites for hydroxylation is 1. The van der Waals surface area contributed by atoms with E-state index in [4.69, 9.17) is 0 Å². The first-order chi connectivity index (χ1) is 14.5. The molecule has 30 heavy (non-hydrogen) atoms. The zero-order valence-corrected chi connectivity index (χ0v) is 18.3. The molecule has 2 heterocycles. The van der Waals surface area contributed by atoms with E-state index in [1.807, 2.05) is 24.1 Å². The second-order valence-corrected chi connectivity index (χ2v) is 8.94. The van der Waals surface area contributed by atoms with Gasteiger partial charge in [0, 0.05) is 38.9 Å². The molecule has 4 rings (SSSR count). The van der Waals surface area contributed by atoms with Gasteiger partial charge in [0.1, 0.15) is 5.75 Å². The minimum atomic E-state index is 0.107. The first kappa shape index (κ1) is 20.9. The third-order valence-corrected chi connectivity index (χ3v) is 6.80. The molecule has 162 valence electrons. The third-order valence-electron chi connectivity index (χ3n) is 6.80. The number of carbonyl (C=O) groups excluding carboxylic acids is 1. The fourth-order valence-corrected chi connectivity index (χ4v) is 5.15. The molecule has 1 fully saturated rings. The quantitative estimate of drug-likeness (QED) is 0.794. The molecule has 1 unspecified atom stereocenters. The monoisotopic (exact) mass is 410 g/mol. The van der Waals surface area contributed by atoms with E-state index in [-0.39, 0.29) is 5.91 Å². The maximum atomic E-state index is 12.7. The largest absolute Gasteiger partial charge is 0.508 e. The minimum absolute atomic E-state index is 0.107. The highest BCUT2D eigenvalue weighted by molar-refractivity contribution is 5.93. The highest BCUT2D eigenvalue weighted by Crippen LogP contribution is 2.31. The predicted octanol–water partition coefficient (Wildman–Crippen LogP) is 3.25. The number of nitrogens with zero attached hydrogens (tertiary/aromatic N) is 4. The summed E-state index contributed by atoms with van der Waals surface area (Å²) in [5.41, 5.74) is 3.14. The number of phenols is 1. The van der Waals surface area contributed by atoms with Crippen LogP contribution in [0.4, 0.5) is 0 Å². The van der Waals surface area contributed by atoms with Gasteiger partial charge in [-0.25, -0.2) is 0 Å². The van der Waals surface area contributed by atoms with Crippen LogP contribution in [0.2, 0.25) is 0 Å². The van der Waals surface area contributed by atoms with Gasteiger partial charge in [-0.1, -0.05) is 19.1 Å². The van der Waals surface area contributed by atoms with Crippen LogP contribution in [-0.2, 0) is 19.9 Å². The zero-order valence-electron chi connectivity index (χ0n) is 18.3. The molecule has 1 aromatic heterocycles. The van der Waals surface area contributed by atoms with Crippen molar-refractivity contribution in [3.63, 3.8) is 0 Å². The average Bonchev–Trinajstić information content (AvgIpc) is 3.20. The van der Waals surface area contributed by atoms with E-state index in [0.717, 1.165) is 70.3 Å². The Kier molecular flexibility index (Phi) is 6.42. The molecule has 0 radical (unpaired) electrons. The summed E-state index contributed by atoms with van der Waals surface area (Å²) in [5.74, 6) is 1.20. The van der Waals surface area contributed by atoms with E-state index >= 15 is 0 Å². The Morgan fingerprint density at radius 1 is 1.27 bits per heavy atom. The number of piperidine rings is 1. The molecule has 0 spiro atoms. The summed E-state index contributed by atoms with van der Waals surface area (Å²) in [5, 5.41) is 14.3. The number of hydrogen-bond donors (Lipinski definition) is 1. The standard InChI is InChI=1S/C24H34N4O2/c1-3-11-28(21-7-8-22-19(14-21)5-4-6-23(22)29)16-18-9-12-27(13-10-18)24(30)20-15-25-26(2)17-20/h4-6,15,17-18,21,29H,3,7-14,16H2,1-2H3. The van der Waals surface area contributed by atoms with E-state index in [1.54, 1.807) is 17.1 Å². The summed E-state index contributed by atoms with van der Waals surface area (Å²) in [6.45, 7) is 6.15. The van der Waals surface area contributed by atoms with Crippen LogP contribution in [0.3, 0.4) is 0 Å². The van der Waals surface area contributed by atoms with Gasteiger partial charge in [0.25, 0.3) is 5.91 Å². The molecule has 6 heteroatoms. The van der Waals surface area contributed by atoms with Crippen LogP contribution in [0.25, 0.3) is 0 Å². The van der Waals surface area contributed by atoms with Crippen LogP contribution in [0, 0.1) is 5.92 Å². The number of benzene rings is 1. The lowest BCUT2D eigenvalue weighted by atomic mass is 9.86. The number of phenolic OH excluding ortho intramolecular Hbond substituents is 1. The van der Waals surface area contributed by atoms with Crippen LogP contribution < -0.4 is 0 Å². The Bertz CT molecular complexity index is 870. The highest BCUT2D eigenvalue weighted by Gasteiger charge is 2.29. The summed E-state index contributed by atoms with van der Waals surface area (Å²) < 4.78 is 1.69. The number of hydrogen-bond acceptors (Lipinski definition) is 4. The van der Waals surface area contributed by atoms with Crippen LogP contribution in [-0.4, -0.2) is 62.8 Å². The smallest absolute Gasteiger partial charge is 0.257 e. The van der Waals surface area contributed by atoms with Crippen LogP contribution in [0.5, 0.6) is 5.75 Å². The lowest BCUT2D eigenvalue weighted by Crippen LogP contribution is -2.46. The number of aromatic hydroxyl groups is 1. The van der Waals surface area contributed by atoms with Crippen molar-refractivity contribution in [2.75, 3.05) is 26.2 Å².